The van der Waals surface area contributed by atoms with Gasteiger partial charge >= 0.3 is 0 Å². The van der Waals surface area contributed by atoms with E-state index >= 15 is 0 Å². The lowest BCUT2D eigenvalue weighted by Crippen LogP contribution is -2.37. The van der Waals surface area contributed by atoms with E-state index in [-0.39, 0.29) is 29.8 Å². The summed E-state index contributed by atoms with van der Waals surface area (Å²) in [6.07, 6.45) is 3.96. The number of amides is 1. The van der Waals surface area contributed by atoms with Gasteiger partial charge in [-0.2, -0.15) is 4.98 Å². The lowest BCUT2D eigenvalue weighted by Gasteiger charge is -2.32. The number of aliphatic hydroxyl groups is 1. The zero-order valence-corrected chi connectivity index (χ0v) is 18.2. The van der Waals surface area contributed by atoms with Gasteiger partial charge in [-0.05, 0) is 32.1 Å². The van der Waals surface area contributed by atoms with E-state index in [0.717, 1.165) is 0 Å². The highest BCUT2D eigenvalue weighted by Crippen LogP contribution is 2.38. The van der Waals surface area contributed by atoms with Crippen molar-refractivity contribution in [2.45, 2.75) is 44.2 Å². The minimum Gasteiger partial charge on any atom is -0.391 e. The second kappa shape index (κ2) is 8.75. The van der Waals surface area contributed by atoms with Gasteiger partial charge in [-0.1, -0.05) is 0 Å². The number of hydrogen-bond donors (Lipinski definition) is 3. The first-order valence-electron chi connectivity index (χ1n) is 11.2. The normalized spacial score (nSPS) is 22.9. The largest absolute Gasteiger partial charge is 0.391 e. The first-order chi connectivity index (χ1) is 16.3. The number of carbonyl (C=O) groups is 1. The summed E-state index contributed by atoms with van der Waals surface area (Å²) in [5.74, 6) is -3.17. The molecule has 5 rings (SSSR count). The highest BCUT2D eigenvalue weighted by Gasteiger charge is 2.34. The number of nitrogen functional groups attached to an aromatic ring is 1. The first-order valence-corrected chi connectivity index (χ1v) is 11.2. The molecule has 1 saturated heterocycles. The minimum absolute atomic E-state index is 0.0239. The van der Waals surface area contributed by atoms with Crippen LogP contribution in [-0.4, -0.2) is 54.6 Å². The van der Waals surface area contributed by atoms with Crippen LogP contribution in [0.5, 0.6) is 0 Å². The van der Waals surface area contributed by atoms with Crippen molar-refractivity contribution in [1.29, 1.82) is 0 Å². The van der Waals surface area contributed by atoms with Crippen LogP contribution in [0.1, 0.15) is 38.1 Å². The molecule has 1 amide bonds. The summed E-state index contributed by atoms with van der Waals surface area (Å²) in [6.45, 7) is 0.926. The van der Waals surface area contributed by atoms with Gasteiger partial charge in [-0.3, -0.25) is 9.36 Å². The fourth-order valence-corrected chi connectivity index (χ4v) is 4.89. The third kappa shape index (κ3) is 4.13. The van der Waals surface area contributed by atoms with E-state index < -0.39 is 29.2 Å². The van der Waals surface area contributed by atoms with Crippen LogP contribution in [0.2, 0.25) is 0 Å². The fraction of sp³-hybridized carbons (Fsp3) is 0.455. The standard InChI is InChI=1S/C22H24F3N7O2/c23-12-7-15(24)18(16(25)8-12)29-22-28-17-9-27-21(26)30-19(17)32(22)13-3-1-11(2-4-13)20(34)31-6-5-14(33)10-31/h7-9,11,13-14,33H,1-6,10H2,(H,28,29)(H2,26,27,30)/t11-,13+,14-/m1/s1. The molecule has 1 aliphatic carbocycles. The fourth-order valence-electron chi connectivity index (χ4n) is 4.89. The van der Waals surface area contributed by atoms with Gasteiger partial charge in [0.2, 0.25) is 17.8 Å². The van der Waals surface area contributed by atoms with Gasteiger partial charge in [0.15, 0.2) is 17.3 Å². The lowest BCUT2D eigenvalue weighted by atomic mass is 9.85. The Hall–Kier alpha value is -3.41. The van der Waals surface area contributed by atoms with E-state index in [2.05, 4.69) is 20.3 Å². The van der Waals surface area contributed by atoms with Crippen molar-refractivity contribution >= 4 is 34.7 Å². The number of aliphatic hydroxyl groups excluding tert-OH is 1. The first kappa shape index (κ1) is 22.4. The number of aromatic nitrogens is 4. The summed E-state index contributed by atoms with van der Waals surface area (Å²) in [5.41, 5.74) is 6.02. The lowest BCUT2D eigenvalue weighted by molar-refractivity contribution is -0.136. The molecule has 1 atom stereocenters. The number of carbonyl (C=O) groups excluding carboxylic acids is 1. The van der Waals surface area contributed by atoms with Gasteiger partial charge < -0.3 is 21.1 Å². The van der Waals surface area contributed by atoms with Crippen LogP contribution in [0.15, 0.2) is 18.3 Å². The van der Waals surface area contributed by atoms with Gasteiger partial charge in [0, 0.05) is 37.2 Å². The molecule has 4 N–H and O–H groups in total. The van der Waals surface area contributed by atoms with E-state index in [9.17, 15) is 23.1 Å². The van der Waals surface area contributed by atoms with Crippen molar-refractivity contribution in [3.05, 3.63) is 35.8 Å². The second-order valence-electron chi connectivity index (χ2n) is 8.84. The molecule has 34 heavy (non-hydrogen) atoms. The summed E-state index contributed by atoms with van der Waals surface area (Å²) < 4.78 is 43.7. The summed E-state index contributed by atoms with van der Waals surface area (Å²) in [6, 6.07) is 1.01. The van der Waals surface area contributed by atoms with Gasteiger partial charge in [-0.25, -0.2) is 23.1 Å². The van der Waals surface area contributed by atoms with Crippen LogP contribution in [0.4, 0.5) is 30.8 Å². The number of benzene rings is 1. The third-order valence-corrected chi connectivity index (χ3v) is 6.58. The Morgan fingerprint density at radius 1 is 1.09 bits per heavy atom. The molecule has 3 aromatic rings. The van der Waals surface area contributed by atoms with Crippen LogP contribution in [0.3, 0.4) is 0 Å². The Kier molecular flexibility index (Phi) is 5.76. The minimum atomic E-state index is -1.09. The molecule has 0 bridgehead atoms. The molecule has 12 heteroatoms. The molecule has 2 aromatic heterocycles. The van der Waals surface area contributed by atoms with Crippen LogP contribution >= 0.6 is 0 Å². The number of imidazole rings is 1. The summed E-state index contributed by atoms with van der Waals surface area (Å²) in [7, 11) is 0. The van der Waals surface area contributed by atoms with Gasteiger partial charge in [0.25, 0.3) is 0 Å². The molecule has 1 aromatic carbocycles. The summed E-state index contributed by atoms with van der Waals surface area (Å²) in [4.78, 5) is 27.2. The molecule has 0 unspecified atom stereocenters. The number of halogens is 3. The molecular weight excluding hydrogens is 451 g/mol. The second-order valence-corrected chi connectivity index (χ2v) is 8.84. The number of β-amino-alcohol motifs (C(OH)–C–C–N with tert-alkyl or cyclic N) is 1. The van der Waals surface area contributed by atoms with Crippen molar-refractivity contribution in [1.82, 2.24) is 24.4 Å². The van der Waals surface area contributed by atoms with Crippen LogP contribution in [0, 0.1) is 23.4 Å². The number of likely N-dealkylation sites (tertiary alicyclic amines) is 1. The van der Waals surface area contributed by atoms with E-state index in [1.807, 2.05) is 0 Å². The number of anilines is 3. The molecular formula is C22H24F3N7O2. The Morgan fingerprint density at radius 3 is 2.44 bits per heavy atom. The van der Waals surface area contributed by atoms with Gasteiger partial charge in [0.1, 0.15) is 17.0 Å². The molecule has 9 nitrogen and oxygen atoms in total. The topological polar surface area (TPSA) is 122 Å². The number of hydrogen-bond acceptors (Lipinski definition) is 7. The SMILES string of the molecule is Nc1ncc2nc(Nc3c(F)cc(F)cc3F)n([C@H]3CC[C@@H](C(=O)N4CC[C@@H](O)C4)CC3)c2n1. The average Bonchev–Trinajstić information content (AvgIpc) is 3.39. The molecule has 1 aliphatic heterocycles. The zero-order valence-electron chi connectivity index (χ0n) is 18.2. The maximum atomic E-state index is 14.3. The Bertz CT molecular complexity index is 1220. The van der Waals surface area contributed by atoms with Crippen molar-refractivity contribution in [2.75, 3.05) is 24.1 Å². The van der Waals surface area contributed by atoms with Crippen molar-refractivity contribution in [3.63, 3.8) is 0 Å². The smallest absolute Gasteiger partial charge is 0.225 e. The average molecular weight is 475 g/mol. The number of fused-ring (bicyclic) bond motifs is 1. The predicted molar refractivity (Wildman–Crippen MR) is 118 cm³/mol. The molecule has 2 aliphatic rings. The third-order valence-electron chi connectivity index (χ3n) is 6.58. The van der Waals surface area contributed by atoms with E-state index in [1.165, 1.54) is 6.20 Å². The number of rotatable bonds is 4. The van der Waals surface area contributed by atoms with Crippen LogP contribution < -0.4 is 11.1 Å². The predicted octanol–water partition coefficient (Wildman–Crippen LogP) is 2.89. The quantitative estimate of drug-likeness (QED) is 0.530. The Morgan fingerprint density at radius 2 is 1.79 bits per heavy atom. The highest BCUT2D eigenvalue weighted by atomic mass is 19.1. The monoisotopic (exact) mass is 475 g/mol. The van der Waals surface area contributed by atoms with Crippen molar-refractivity contribution in [2.24, 2.45) is 5.92 Å². The maximum Gasteiger partial charge on any atom is 0.225 e. The molecule has 0 spiro atoms. The Labute approximate surface area is 192 Å². The van der Waals surface area contributed by atoms with Gasteiger partial charge in [-0.15, -0.1) is 0 Å². The van der Waals surface area contributed by atoms with Crippen LogP contribution in [0.25, 0.3) is 11.2 Å². The van der Waals surface area contributed by atoms with E-state index in [1.54, 1.807) is 9.47 Å². The van der Waals surface area contributed by atoms with E-state index in [0.29, 0.717) is 68.5 Å². The number of nitrogens with zero attached hydrogens (tertiary/aromatic N) is 5. The molecule has 180 valence electrons. The molecule has 3 heterocycles. The van der Waals surface area contributed by atoms with Crippen molar-refractivity contribution < 1.29 is 23.1 Å². The summed E-state index contributed by atoms with van der Waals surface area (Å²) in [5, 5.41) is 12.4. The van der Waals surface area contributed by atoms with Gasteiger partial charge in [0.05, 0.1) is 12.3 Å². The Balaban J connectivity index is 1.43. The number of nitrogens with two attached hydrogens (primary N) is 1. The summed E-state index contributed by atoms with van der Waals surface area (Å²) >= 11 is 0. The zero-order chi connectivity index (χ0) is 24.0. The molecule has 2 fully saturated rings. The van der Waals surface area contributed by atoms with Crippen molar-refractivity contribution in [3.8, 4) is 0 Å². The van der Waals surface area contributed by atoms with Crippen LogP contribution in [-0.2, 0) is 4.79 Å². The van der Waals surface area contributed by atoms with E-state index in [4.69, 9.17) is 5.73 Å². The molecule has 1 saturated carbocycles. The maximum absolute atomic E-state index is 14.3. The highest BCUT2D eigenvalue weighted by molar-refractivity contribution is 5.79. The number of nitrogens with one attached hydrogen (secondary N) is 1. The molecule has 0 radical (unpaired) electrons.